The number of nitrogens with one attached hydrogen (secondary N) is 1. The van der Waals surface area contributed by atoms with E-state index in [1.165, 1.54) is 12.1 Å². The fourth-order valence-electron chi connectivity index (χ4n) is 2.23. The number of para-hydroxylation sites is 1. The van der Waals surface area contributed by atoms with Crippen LogP contribution < -0.4 is 10.1 Å². The molecule has 0 spiro atoms. The van der Waals surface area contributed by atoms with Gasteiger partial charge in [0.25, 0.3) is 0 Å². The molecular weight excluding hydrogens is 326 g/mol. The van der Waals surface area contributed by atoms with Gasteiger partial charge < -0.3 is 10.1 Å². The molecule has 1 N–H and O–H groups in total. The van der Waals surface area contributed by atoms with Gasteiger partial charge in [-0.25, -0.2) is 8.78 Å². The van der Waals surface area contributed by atoms with Gasteiger partial charge in [-0.2, -0.15) is 0 Å². The molecule has 0 aromatic heterocycles. The zero-order chi connectivity index (χ0) is 18.2. The van der Waals surface area contributed by atoms with Crippen LogP contribution in [0, 0.1) is 11.6 Å². The van der Waals surface area contributed by atoms with Crippen LogP contribution in [-0.4, -0.2) is 37.0 Å². The van der Waals surface area contributed by atoms with E-state index in [-0.39, 0.29) is 30.6 Å². The van der Waals surface area contributed by atoms with Crippen LogP contribution in [0.3, 0.4) is 0 Å². The lowest BCUT2D eigenvalue weighted by atomic mass is 10.2. The van der Waals surface area contributed by atoms with Crippen LogP contribution in [0.25, 0.3) is 0 Å². The van der Waals surface area contributed by atoms with Crippen molar-refractivity contribution in [2.75, 3.05) is 20.2 Å². The maximum absolute atomic E-state index is 13.6. The van der Waals surface area contributed by atoms with Crippen molar-refractivity contribution in [3.63, 3.8) is 0 Å². The minimum absolute atomic E-state index is 0.134. The number of carbonyl (C=O) groups excluding carboxylic acids is 1. The normalized spacial score (nSPS) is 12.0. The summed E-state index contributed by atoms with van der Waals surface area (Å²) < 4.78 is 32.4. The number of hydrogen-bond acceptors (Lipinski definition) is 3. The van der Waals surface area contributed by atoms with Crippen molar-refractivity contribution in [1.82, 2.24) is 10.2 Å². The first-order valence-corrected chi connectivity index (χ1v) is 8.07. The molecule has 1 unspecified atom stereocenters. The summed E-state index contributed by atoms with van der Waals surface area (Å²) in [6.07, 6.45) is 0. The highest BCUT2D eigenvalue weighted by Gasteiger charge is 2.18. The van der Waals surface area contributed by atoms with Crippen LogP contribution in [0.5, 0.6) is 5.75 Å². The third-order valence-electron chi connectivity index (χ3n) is 3.99. The lowest BCUT2D eigenvalue weighted by Crippen LogP contribution is -2.44. The smallest absolute Gasteiger partial charge is 0.237 e. The van der Waals surface area contributed by atoms with Gasteiger partial charge in [0.1, 0.15) is 12.4 Å². The number of likely N-dealkylation sites (N-methyl/N-ethyl adjacent to an activating group) is 1. The van der Waals surface area contributed by atoms with E-state index in [4.69, 9.17) is 4.74 Å². The highest BCUT2D eigenvalue weighted by molar-refractivity contribution is 5.81. The molecule has 0 heterocycles. The molecular formula is C19H22F2N2O2. The molecule has 0 aliphatic rings. The Morgan fingerprint density at radius 3 is 2.44 bits per heavy atom. The fraction of sp³-hybridized carbons (Fsp3) is 0.316. The summed E-state index contributed by atoms with van der Waals surface area (Å²) in [7, 11) is 1.78. The Kier molecular flexibility index (Phi) is 6.89. The van der Waals surface area contributed by atoms with E-state index in [2.05, 4.69) is 5.32 Å². The number of hydrogen-bond donors (Lipinski definition) is 1. The van der Waals surface area contributed by atoms with E-state index in [9.17, 15) is 13.6 Å². The van der Waals surface area contributed by atoms with E-state index in [0.29, 0.717) is 12.1 Å². The topological polar surface area (TPSA) is 41.6 Å². The third kappa shape index (κ3) is 5.53. The molecule has 1 amide bonds. The molecule has 134 valence electrons. The summed E-state index contributed by atoms with van der Waals surface area (Å²) in [4.78, 5) is 14.0. The Balaban J connectivity index is 1.77. The molecule has 2 aromatic rings. The summed E-state index contributed by atoms with van der Waals surface area (Å²) in [5.74, 6) is -0.785. The summed E-state index contributed by atoms with van der Waals surface area (Å²) in [5.41, 5.74) is 0.439. The molecule has 0 saturated carbocycles. The number of rotatable bonds is 8. The second kappa shape index (κ2) is 9.13. The van der Waals surface area contributed by atoms with Crippen molar-refractivity contribution >= 4 is 5.91 Å². The number of amides is 1. The first-order chi connectivity index (χ1) is 12.0. The highest BCUT2D eigenvalue weighted by atomic mass is 19.1. The Hall–Kier alpha value is -2.47. The molecule has 4 nitrogen and oxygen atoms in total. The van der Waals surface area contributed by atoms with E-state index < -0.39 is 11.9 Å². The summed E-state index contributed by atoms with van der Waals surface area (Å²) in [5, 5.41) is 2.72. The Morgan fingerprint density at radius 1 is 1.12 bits per heavy atom. The minimum Gasteiger partial charge on any atom is -0.489 e. The number of ether oxygens (including phenoxy) is 1. The first kappa shape index (κ1) is 18.9. The van der Waals surface area contributed by atoms with E-state index in [1.54, 1.807) is 55.3 Å². The highest BCUT2D eigenvalue weighted by Crippen LogP contribution is 2.15. The van der Waals surface area contributed by atoms with Gasteiger partial charge in [-0.1, -0.05) is 30.3 Å². The molecule has 1 atom stereocenters. The van der Waals surface area contributed by atoms with Crippen molar-refractivity contribution in [3.8, 4) is 5.75 Å². The Bertz CT molecular complexity index is 709. The van der Waals surface area contributed by atoms with E-state index >= 15 is 0 Å². The molecule has 25 heavy (non-hydrogen) atoms. The molecule has 0 radical (unpaired) electrons. The number of nitrogens with zero attached hydrogens (tertiary/aromatic N) is 1. The Labute approximate surface area is 146 Å². The van der Waals surface area contributed by atoms with Gasteiger partial charge in [-0.05, 0) is 32.2 Å². The van der Waals surface area contributed by atoms with Crippen LogP contribution in [-0.2, 0) is 11.3 Å². The zero-order valence-electron chi connectivity index (χ0n) is 14.3. The average Bonchev–Trinajstić information content (AvgIpc) is 2.61. The summed E-state index contributed by atoms with van der Waals surface area (Å²) in [6, 6.07) is 12.1. The van der Waals surface area contributed by atoms with Crippen LogP contribution >= 0.6 is 0 Å². The largest absolute Gasteiger partial charge is 0.489 e. The van der Waals surface area contributed by atoms with Gasteiger partial charge >= 0.3 is 0 Å². The van der Waals surface area contributed by atoms with Gasteiger partial charge in [0.05, 0.1) is 6.04 Å². The minimum atomic E-state index is -0.420. The molecule has 0 aliphatic heterocycles. The molecule has 2 aromatic carbocycles. The molecule has 2 rings (SSSR count). The quantitative estimate of drug-likeness (QED) is 0.797. The predicted octanol–water partition coefficient (Wildman–Crippen LogP) is 2.98. The van der Waals surface area contributed by atoms with E-state index in [0.717, 1.165) is 0 Å². The third-order valence-corrected chi connectivity index (χ3v) is 3.99. The van der Waals surface area contributed by atoms with Crippen molar-refractivity contribution in [2.45, 2.75) is 19.5 Å². The van der Waals surface area contributed by atoms with Crippen molar-refractivity contribution < 1.29 is 18.3 Å². The SMILES string of the molecule is CC(C(=O)NCc1ccccc1F)N(C)CCOc1ccccc1F. The summed E-state index contributed by atoms with van der Waals surface area (Å²) in [6.45, 7) is 2.58. The van der Waals surface area contributed by atoms with Crippen molar-refractivity contribution in [2.24, 2.45) is 0 Å². The zero-order valence-corrected chi connectivity index (χ0v) is 14.3. The fourth-order valence-corrected chi connectivity index (χ4v) is 2.23. The number of halogens is 2. The van der Waals surface area contributed by atoms with Gasteiger partial charge in [-0.3, -0.25) is 9.69 Å². The monoisotopic (exact) mass is 348 g/mol. The second-order valence-corrected chi connectivity index (χ2v) is 5.74. The maximum atomic E-state index is 13.6. The standard InChI is InChI=1S/C19H22F2N2O2/c1-14(19(24)22-13-15-7-3-4-8-16(15)20)23(2)11-12-25-18-10-6-5-9-17(18)21/h3-10,14H,11-13H2,1-2H3,(H,22,24). The van der Waals surface area contributed by atoms with Gasteiger partial charge in [0, 0.05) is 18.7 Å². The van der Waals surface area contributed by atoms with Crippen LogP contribution in [0.1, 0.15) is 12.5 Å². The second-order valence-electron chi connectivity index (χ2n) is 5.74. The molecule has 0 fully saturated rings. The molecule has 0 aliphatic carbocycles. The van der Waals surface area contributed by atoms with Gasteiger partial charge in [0.2, 0.25) is 5.91 Å². The van der Waals surface area contributed by atoms with Crippen LogP contribution in [0.15, 0.2) is 48.5 Å². The first-order valence-electron chi connectivity index (χ1n) is 8.07. The predicted molar refractivity (Wildman–Crippen MR) is 92.2 cm³/mol. The molecule has 0 saturated heterocycles. The molecule has 6 heteroatoms. The van der Waals surface area contributed by atoms with Crippen LogP contribution in [0.2, 0.25) is 0 Å². The molecule has 0 bridgehead atoms. The van der Waals surface area contributed by atoms with Crippen molar-refractivity contribution in [3.05, 3.63) is 65.7 Å². The number of carbonyl (C=O) groups is 1. The number of benzene rings is 2. The lowest BCUT2D eigenvalue weighted by Gasteiger charge is -2.24. The van der Waals surface area contributed by atoms with Crippen LogP contribution in [0.4, 0.5) is 8.78 Å². The maximum Gasteiger partial charge on any atom is 0.237 e. The van der Waals surface area contributed by atoms with Crippen molar-refractivity contribution in [1.29, 1.82) is 0 Å². The van der Waals surface area contributed by atoms with Gasteiger partial charge in [-0.15, -0.1) is 0 Å². The average molecular weight is 348 g/mol. The Morgan fingerprint density at radius 2 is 1.76 bits per heavy atom. The van der Waals surface area contributed by atoms with E-state index in [1.807, 2.05) is 0 Å². The lowest BCUT2D eigenvalue weighted by molar-refractivity contribution is -0.125. The summed E-state index contributed by atoms with van der Waals surface area (Å²) >= 11 is 0. The van der Waals surface area contributed by atoms with Gasteiger partial charge in [0.15, 0.2) is 11.6 Å².